The van der Waals surface area contributed by atoms with E-state index in [-0.39, 0.29) is 5.78 Å². The van der Waals surface area contributed by atoms with Gasteiger partial charge in [-0.1, -0.05) is 34.9 Å². The predicted octanol–water partition coefficient (Wildman–Crippen LogP) is 5.56. The summed E-state index contributed by atoms with van der Waals surface area (Å²) in [6.45, 7) is 12.0. The molecule has 1 unspecified atom stereocenters. The Hall–Kier alpha value is -1.64. The van der Waals surface area contributed by atoms with Crippen LogP contribution in [0.1, 0.15) is 73.6 Å². The van der Waals surface area contributed by atoms with Gasteiger partial charge in [-0.25, -0.2) is 0 Å². The number of carbonyl (C=O) groups is 2. The van der Waals surface area contributed by atoms with Gasteiger partial charge in [-0.3, -0.25) is 9.59 Å². The number of ether oxygens (including phenoxy) is 1. The van der Waals surface area contributed by atoms with E-state index in [4.69, 9.17) is 4.74 Å². The van der Waals surface area contributed by atoms with Gasteiger partial charge in [0.05, 0.1) is 6.61 Å². The SMILES string of the molecule is CCOC(=O)C(C/C=C(/C)CC/C=C(\C)CCC=C(C)C)C(C)=O. The first kappa shape index (κ1) is 22.4. The van der Waals surface area contributed by atoms with Crippen molar-refractivity contribution >= 4 is 11.8 Å². The molecule has 0 aromatic carbocycles. The molecule has 24 heavy (non-hydrogen) atoms. The number of carbonyl (C=O) groups excluding carboxylic acids is 2. The molecular formula is C21H34O3. The van der Waals surface area contributed by atoms with Crippen LogP contribution in [0.15, 0.2) is 34.9 Å². The molecule has 0 bridgehead atoms. The summed E-state index contributed by atoms with van der Waals surface area (Å²) in [5, 5.41) is 0. The fourth-order valence-corrected chi connectivity index (χ4v) is 2.33. The van der Waals surface area contributed by atoms with Crippen molar-refractivity contribution in [2.24, 2.45) is 5.92 Å². The average Bonchev–Trinajstić information content (AvgIpc) is 2.46. The van der Waals surface area contributed by atoms with Crippen LogP contribution in [0.4, 0.5) is 0 Å². The fourth-order valence-electron chi connectivity index (χ4n) is 2.33. The Bertz CT molecular complexity index is 491. The van der Waals surface area contributed by atoms with E-state index >= 15 is 0 Å². The molecule has 0 aliphatic carbocycles. The molecule has 0 aromatic heterocycles. The van der Waals surface area contributed by atoms with Gasteiger partial charge in [-0.15, -0.1) is 0 Å². The van der Waals surface area contributed by atoms with Crippen LogP contribution in [0, 0.1) is 5.92 Å². The zero-order valence-electron chi connectivity index (χ0n) is 16.3. The molecule has 0 heterocycles. The summed E-state index contributed by atoms with van der Waals surface area (Å²) in [5.74, 6) is -1.21. The average molecular weight is 335 g/mol. The minimum Gasteiger partial charge on any atom is -0.465 e. The molecule has 3 heteroatoms. The van der Waals surface area contributed by atoms with Gasteiger partial charge in [0.25, 0.3) is 0 Å². The molecule has 0 fully saturated rings. The lowest BCUT2D eigenvalue weighted by molar-refractivity contribution is -0.150. The van der Waals surface area contributed by atoms with Gasteiger partial charge in [0, 0.05) is 0 Å². The first-order valence-electron chi connectivity index (χ1n) is 8.89. The molecule has 0 spiro atoms. The third-order valence-electron chi connectivity index (χ3n) is 3.89. The second-order valence-corrected chi connectivity index (χ2v) is 6.61. The van der Waals surface area contributed by atoms with E-state index in [0.717, 1.165) is 25.7 Å². The summed E-state index contributed by atoms with van der Waals surface area (Å²) < 4.78 is 4.96. The Labute approximate surface area is 147 Å². The van der Waals surface area contributed by atoms with Crippen LogP contribution in [-0.4, -0.2) is 18.4 Å². The van der Waals surface area contributed by atoms with Crippen molar-refractivity contribution in [2.45, 2.75) is 73.6 Å². The van der Waals surface area contributed by atoms with E-state index in [2.05, 4.69) is 39.8 Å². The van der Waals surface area contributed by atoms with Crippen molar-refractivity contribution in [3.8, 4) is 0 Å². The molecule has 0 radical (unpaired) electrons. The number of Topliss-reactive ketones (excluding diaryl/α,β-unsaturated/α-hetero) is 1. The van der Waals surface area contributed by atoms with Crippen LogP contribution < -0.4 is 0 Å². The second-order valence-electron chi connectivity index (χ2n) is 6.61. The van der Waals surface area contributed by atoms with Gasteiger partial charge in [0.2, 0.25) is 0 Å². The zero-order chi connectivity index (χ0) is 18.5. The molecule has 0 N–H and O–H groups in total. The summed E-state index contributed by atoms with van der Waals surface area (Å²) in [6, 6.07) is 0. The molecule has 0 aliphatic heterocycles. The number of rotatable bonds is 11. The summed E-state index contributed by atoms with van der Waals surface area (Å²) in [6.07, 6.45) is 11.1. The highest BCUT2D eigenvalue weighted by atomic mass is 16.5. The zero-order valence-corrected chi connectivity index (χ0v) is 16.3. The molecule has 1 atom stereocenters. The Balaban J connectivity index is 4.36. The molecule has 0 amide bonds. The smallest absolute Gasteiger partial charge is 0.316 e. The summed E-state index contributed by atoms with van der Waals surface area (Å²) >= 11 is 0. The third kappa shape index (κ3) is 11.0. The summed E-state index contributed by atoms with van der Waals surface area (Å²) in [4.78, 5) is 23.3. The van der Waals surface area contributed by atoms with Crippen molar-refractivity contribution in [2.75, 3.05) is 6.61 Å². The van der Waals surface area contributed by atoms with Gasteiger partial charge >= 0.3 is 5.97 Å². The standard InChI is InChI=1S/C21H34O3/c1-7-24-21(23)20(19(6)22)15-14-18(5)13-9-12-17(4)11-8-10-16(2)3/h10,12,14,20H,7-9,11,13,15H2,1-6H3/b17-12+,18-14-. The highest BCUT2D eigenvalue weighted by Gasteiger charge is 2.23. The molecule has 0 saturated heterocycles. The predicted molar refractivity (Wildman–Crippen MR) is 101 cm³/mol. The van der Waals surface area contributed by atoms with Crippen molar-refractivity contribution in [3.05, 3.63) is 34.9 Å². The van der Waals surface area contributed by atoms with E-state index in [9.17, 15) is 9.59 Å². The Kier molecular flexibility index (Phi) is 11.9. The van der Waals surface area contributed by atoms with E-state index in [1.165, 1.54) is 23.6 Å². The molecule has 0 saturated carbocycles. The van der Waals surface area contributed by atoms with Crippen LogP contribution in [0.25, 0.3) is 0 Å². The third-order valence-corrected chi connectivity index (χ3v) is 3.89. The van der Waals surface area contributed by atoms with E-state index in [1.807, 2.05) is 6.08 Å². The normalized spacial score (nSPS) is 13.4. The van der Waals surface area contributed by atoms with Crippen molar-refractivity contribution in [1.29, 1.82) is 0 Å². The fraction of sp³-hybridized carbons (Fsp3) is 0.619. The monoisotopic (exact) mass is 334 g/mol. The highest BCUT2D eigenvalue weighted by molar-refractivity contribution is 5.97. The Morgan fingerprint density at radius 3 is 1.92 bits per heavy atom. The maximum atomic E-state index is 11.8. The summed E-state index contributed by atoms with van der Waals surface area (Å²) in [7, 11) is 0. The van der Waals surface area contributed by atoms with E-state index in [1.54, 1.807) is 6.92 Å². The van der Waals surface area contributed by atoms with Crippen LogP contribution in [0.3, 0.4) is 0 Å². The maximum absolute atomic E-state index is 11.8. The van der Waals surface area contributed by atoms with Gasteiger partial charge in [0.15, 0.2) is 0 Å². The number of hydrogen-bond donors (Lipinski definition) is 0. The van der Waals surface area contributed by atoms with Gasteiger partial charge in [-0.05, 0) is 73.6 Å². The molecule has 3 nitrogen and oxygen atoms in total. The minimum atomic E-state index is -0.666. The highest BCUT2D eigenvalue weighted by Crippen LogP contribution is 2.15. The van der Waals surface area contributed by atoms with Gasteiger partial charge in [0.1, 0.15) is 11.7 Å². The van der Waals surface area contributed by atoms with E-state index < -0.39 is 11.9 Å². The first-order valence-corrected chi connectivity index (χ1v) is 8.89. The lowest BCUT2D eigenvalue weighted by Crippen LogP contribution is -2.23. The number of esters is 1. The van der Waals surface area contributed by atoms with Crippen LogP contribution in [-0.2, 0) is 14.3 Å². The summed E-state index contributed by atoms with van der Waals surface area (Å²) in [5.41, 5.74) is 3.98. The van der Waals surface area contributed by atoms with Crippen LogP contribution in [0.5, 0.6) is 0 Å². The largest absolute Gasteiger partial charge is 0.465 e. The topological polar surface area (TPSA) is 43.4 Å². The van der Waals surface area contributed by atoms with Crippen LogP contribution in [0.2, 0.25) is 0 Å². The molecule has 136 valence electrons. The van der Waals surface area contributed by atoms with Crippen molar-refractivity contribution in [1.82, 2.24) is 0 Å². The molecule has 0 rings (SSSR count). The molecular weight excluding hydrogens is 300 g/mol. The van der Waals surface area contributed by atoms with Gasteiger partial charge < -0.3 is 4.74 Å². The number of hydrogen-bond acceptors (Lipinski definition) is 3. The van der Waals surface area contributed by atoms with E-state index in [0.29, 0.717) is 13.0 Å². The quantitative estimate of drug-likeness (QED) is 0.282. The molecule has 0 aliphatic rings. The second kappa shape index (κ2) is 12.7. The molecule has 0 aromatic rings. The number of allylic oxidation sites excluding steroid dienone is 6. The Morgan fingerprint density at radius 1 is 0.875 bits per heavy atom. The van der Waals surface area contributed by atoms with Gasteiger partial charge in [-0.2, -0.15) is 0 Å². The Morgan fingerprint density at radius 2 is 1.42 bits per heavy atom. The minimum absolute atomic E-state index is 0.132. The first-order chi connectivity index (χ1) is 11.3. The van der Waals surface area contributed by atoms with Crippen molar-refractivity contribution in [3.63, 3.8) is 0 Å². The lowest BCUT2D eigenvalue weighted by atomic mass is 9.98. The van der Waals surface area contributed by atoms with Crippen LogP contribution >= 0.6 is 0 Å². The lowest BCUT2D eigenvalue weighted by Gasteiger charge is -2.10. The number of ketones is 1. The maximum Gasteiger partial charge on any atom is 0.316 e. The van der Waals surface area contributed by atoms with Crippen molar-refractivity contribution < 1.29 is 14.3 Å².